The Bertz CT molecular complexity index is 689. The molecule has 6 nitrogen and oxygen atoms in total. The van der Waals surface area contributed by atoms with Gasteiger partial charge in [0.1, 0.15) is 10.9 Å². The maximum absolute atomic E-state index is 13.0. The van der Waals surface area contributed by atoms with Crippen molar-refractivity contribution in [2.75, 3.05) is 5.73 Å². The molecule has 7 heteroatoms. The predicted molar refractivity (Wildman–Crippen MR) is 81.7 cm³/mol. The van der Waals surface area contributed by atoms with Gasteiger partial charge >= 0.3 is 5.97 Å². The number of carbonyl (C=O) groups is 1. The predicted octanol–water partition coefficient (Wildman–Crippen LogP) is 1.68. The second-order valence-electron chi connectivity index (χ2n) is 6.07. The van der Waals surface area contributed by atoms with Gasteiger partial charge in [-0.25, -0.2) is 8.42 Å². The number of fused-ring (bicyclic) bond motifs is 1. The van der Waals surface area contributed by atoms with Crippen LogP contribution >= 0.6 is 0 Å². The van der Waals surface area contributed by atoms with E-state index < -0.39 is 22.0 Å². The summed E-state index contributed by atoms with van der Waals surface area (Å²) in [6, 6.07) is 5.03. The Hall–Kier alpha value is -1.60. The van der Waals surface area contributed by atoms with Crippen molar-refractivity contribution in [1.82, 2.24) is 4.31 Å². The fraction of sp³-hybridized carbons (Fsp3) is 0.533. The molecular formula is C15H20N2O4S. The van der Waals surface area contributed by atoms with E-state index in [0.29, 0.717) is 6.42 Å². The first-order valence-electron chi connectivity index (χ1n) is 7.54. The highest BCUT2D eigenvalue weighted by molar-refractivity contribution is 7.89. The highest BCUT2D eigenvalue weighted by Crippen LogP contribution is 2.43. The number of benzene rings is 1. The van der Waals surface area contributed by atoms with E-state index in [2.05, 4.69) is 0 Å². The minimum absolute atomic E-state index is 0.00692. The average Bonchev–Trinajstić information content (AvgIpc) is 2.88. The number of nitrogen functional groups attached to an aromatic ring is 1. The molecule has 1 saturated carbocycles. The number of anilines is 1. The summed E-state index contributed by atoms with van der Waals surface area (Å²) in [4.78, 5) is 11.6. The van der Waals surface area contributed by atoms with Gasteiger partial charge in [0.15, 0.2) is 0 Å². The number of para-hydroxylation sites is 1. The molecule has 0 spiro atoms. The Morgan fingerprint density at radius 2 is 1.91 bits per heavy atom. The molecule has 22 heavy (non-hydrogen) atoms. The first-order valence-corrected chi connectivity index (χ1v) is 8.98. The zero-order valence-electron chi connectivity index (χ0n) is 12.2. The number of nitrogens with two attached hydrogens (primary N) is 1. The third kappa shape index (κ3) is 2.38. The summed E-state index contributed by atoms with van der Waals surface area (Å²) in [6.45, 7) is 0. The molecule has 1 aliphatic carbocycles. The van der Waals surface area contributed by atoms with Gasteiger partial charge in [0.05, 0.1) is 5.69 Å². The van der Waals surface area contributed by atoms with E-state index in [0.717, 1.165) is 25.7 Å². The van der Waals surface area contributed by atoms with Crippen molar-refractivity contribution in [2.45, 2.75) is 49.1 Å². The molecule has 2 fully saturated rings. The number of hydrogen-bond acceptors (Lipinski definition) is 4. The number of aliphatic carboxylic acids is 1. The molecule has 2 aliphatic rings. The molecule has 1 aromatic carbocycles. The summed E-state index contributed by atoms with van der Waals surface area (Å²) >= 11 is 0. The number of sulfonamides is 1. The van der Waals surface area contributed by atoms with Crippen LogP contribution in [-0.2, 0) is 14.8 Å². The highest BCUT2D eigenvalue weighted by atomic mass is 32.2. The zero-order chi connectivity index (χ0) is 15.9. The molecule has 3 atom stereocenters. The van der Waals surface area contributed by atoms with Crippen LogP contribution in [0.3, 0.4) is 0 Å². The monoisotopic (exact) mass is 324 g/mol. The van der Waals surface area contributed by atoms with Crippen LogP contribution in [0.25, 0.3) is 0 Å². The number of nitrogens with zero attached hydrogens (tertiary/aromatic N) is 1. The normalized spacial score (nSPS) is 29.2. The topological polar surface area (TPSA) is 101 Å². The lowest BCUT2D eigenvalue weighted by Crippen LogP contribution is -2.46. The lowest BCUT2D eigenvalue weighted by molar-refractivity contribution is -0.141. The van der Waals surface area contributed by atoms with Crippen molar-refractivity contribution in [2.24, 2.45) is 5.92 Å². The summed E-state index contributed by atoms with van der Waals surface area (Å²) in [5.41, 5.74) is 5.97. The summed E-state index contributed by atoms with van der Waals surface area (Å²) < 4.78 is 27.2. The van der Waals surface area contributed by atoms with Crippen molar-refractivity contribution in [1.29, 1.82) is 0 Å². The number of hydrogen-bond donors (Lipinski definition) is 2. The van der Waals surface area contributed by atoms with Crippen molar-refractivity contribution in [3.8, 4) is 0 Å². The second-order valence-corrected chi connectivity index (χ2v) is 7.89. The van der Waals surface area contributed by atoms with Gasteiger partial charge in [-0.2, -0.15) is 4.31 Å². The van der Waals surface area contributed by atoms with Crippen LogP contribution < -0.4 is 5.73 Å². The largest absolute Gasteiger partial charge is 0.480 e. The molecule has 1 heterocycles. The maximum Gasteiger partial charge on any atom is 0.322 e. The fourth-order valence-corrected chi connectivity index (χ4v) is 5.79. The summed E-state index contributed by atoms with van der Waals surface area (Å²) in [5, 5.41) is 9.47. The number of carboxylic acids is 1. The number of rotatable bonds is 3. The zero-order valence-corrected chi connectivity index (χ0v) is 13.0. The SMILES string of the molecule is Nc1ccccc1S(=O)(=O)N1C(C(=O)O)CC2CCCCC21. The van der Waals surface area contributed by atoms with E-state index in [1.807, 2.05) is 0 Å². The van der Waals surface area contributed by atoms with Crippen LogP contribution in [0.5, 0.6) is 0 Å². The van der Waals surface area contributed by atoms with Gasteiger partial charge in [0.25, 0.3) is 0 Å². The molecule has 0 radical (unpaired) electrons. The summed E-state index contributed by atoms with van der Waals surface area (Å²) in [6.07, 6.45) is 3.98. The van der Waals surface area contributed by atoms with Crippen LogP contribution in [0.2, 0.25) is 0 Å². The molecule has 0 amide bonds. The maximum atomic E-state index is 13.0. The van der Waals surface area contributed by atoms with Gasteiger partial charge < -0.3 is 10.8 Å². The summed E-state index contributed by atoms with van der Waals surface area (Å²) in [7, 11) is -3.91. The van der Waals surface area contributed by atoms with Crippen molar-refractivity contribution in [3.63, 3.8) is 0 Å². The second kappa shape index (κ2) is 5.55. The highest BCUT2D eigenvalue weighted by Gasteiger charge is 2.51. The van der Waals surface area contributed by atoms with Gasteiger partial charge in [-0.05, 0) is 37.3 Å². The molecule has 1 aromatic rings. The Labute approximate surface area is 130 Å². The molecule has 1 saturated heterocycles. The first kappa shape index (κ1) is 15.3. The van der Waals surface area contributed by atoms with Crippen molar-refractivity contribution < 1.29 is 18.3 Å². The molecular weight excluding hydrogens is 304 g/mol. The van der Waals surface area contributed by atoms with Crippen LogP contribution in [0.1, 0.15) is 32.1 Å². The van der Waals surface area contributed by atoms with Crippen LogP contribution in [0.4, 0.5) is 5.69 Å². The van der Waals surface area contributed by atoms with Crippen LogP contribution in [-0.4, -0.2) is 35.9 Å². The molecule has 0 bridgehead atoms. The Morgan fingerprint density at radius 1 is 1.23 bits per heavy atom. The molecule has 3 N–H and O–H groups in total. The fourth-order valence-electron chi connectivity index (χ4n) is 3.80. The van der Waals surface area contributed by atoms with E-state index >= 15 is 0 Å². The van der Waals surface area contributed by atoms with E-state index in [9.17, 15) is 18.3 Å². The van der Waals surface area contributed by atoms with E-state index in [1.54, 1.807) is 12.1 Å². The van der Waals surface area contributed by atoms with Gasteiger partial charge in [0.2, 0.25) is 10.0 Å². The summed E-state index contributed by atoms with van der Waals surface area (Å²) in [5.74, 6) is -0.943. The third-order valence-corrected chi connectivity index (χ3v) is 6.80. The standard InChI is InChI=1S/C15H20N2O4S/c16-11-6-2-4-8-14(11)22(20,21)17-12-7-3-1-5-10(12)9-13(17)15(18)19/h2,4,6,8,10,12-13H,1,3,5,7,9,16H2,(H,18,19). The molecule has 3 unspecified atom stereocenters. The van der Waals surface area contributed by atoms with Crippen molar-refractivity contribution in [3.05, 3.63) is 24.3 Å². The Balaban J connectivity index is 2.06. The quantitative estimate of drug-likeness (QED) is 0.824. The smallest absolute Gasteiger partial charge is 0.322 e. The lowest BCUT2D eigenvalue weighted by atomic mass is 9.85. The van der Waals surface area contributed by atoms with Crippen LogP contribution in [0, 0.1) is 5.92 Å². The molecule has 1 aliphatic heterocycles. The molecule has 3 rings (SSSR count). The Morgan fingerprint density at radius 3 is 2.59 bits per heavy atom. The number of carboxylic acid groups (broad SMARTS) is 1. The Kier molecular flexibility index (Phi) is 3.86. The lowest BCUT2D eigenvalue weighted by Gasteiger charge is -2.32. The molecule has 0 aromatic heterocycles. The van der Waals surface area contributed by atoms with Gasteiger partial charge in [-0.1, -0.05) is 25.0 Å². The van der Waals surface area contributed by atoms with Gasteiger partial charge in [0, 0.05) is 6.04 Å². The minimum atomic E-state index is -3.91. The van der Waals surface area contributed by atoms with Gasteiger partial charge in [-0.3, -0.25) is 4.79 Å². The average molecular weight is 324 g/mol. The first-order chi connectivity index (χ1) is 10.4. The van der Waals surface area contributed by atoms with Crippen LogP contribution in [0.15, 0.2) is 29.2 Å². The molecule has 120 valence electrons. The van der Waals surface area contributed by atoms with E-state index in [1.165, 1.54) is 16.4 Å². The van der Waals surface area contributed by atoms with E-state index in [-0.39, 0.29) is 22.5 Å². The minimum Gasteiger partial charge on any atom is -0.480 e. The van der Waals surface area contributed by atoms with Gasteiger partial charge in [-0.15, -0.1) is 0 Å². The van der Waals surface area contributed by atoms with Crippen molar-refractivity contribution >= 4 is 21.7 Å². The third-order valence-electron chi connectivity index (χ3n) is 4.79. The van der Waals surface area contributed by atoms with E-state index in [4.69, 9.17) is 5.73 Å².